The molecule has 2 unspecified atom stereocenters. The fourth-order valence-corrected chi connectivity index (χ4v) is 2.68. The molecule has 2 atom stereocenters. The second-order valence-corrected chi connectivity index (χ2v) is 5.36. The Morgan fingerprint density at radius 2 is 2.25 bits per heavy atom. The minimum atomic E-state index is -0.124. The van der Waals surface area contributed by atoms with E-state index in [1.54, 1.807) is 0 Å². The summed E-state index contributed by atoms with van der Waals surface area (Å²) in [6.45, 7) is 6.27. The molecule has 0 saturated carbocycles. The van der Waals surface area contributed by atoms with E-state index in [9.17, 15) is 4.79 Å². The van der Waals surface area contributed by atoms with Crippen LogP contribution in [-0.4, -0.2) is 48.1 Å². The van der Waals surface area contributed by atoms with Gasteiger partial charge in [-0.25, -0.2) is 9.97 Å². The number of carbonyl (C=O) groups excluding carboxylic acids is 1. The van der Waals surface area contributed by atoms with Crippen LogP contribution in [-0.2, 0) is 16.1 Å². The highest BCUT2D eigenvalue weighted by molar-refractivity contribution is 5.73. The molecule has 1 aromatic heterocycles. The molecule has 0 bridgehead atoms. The van der Waals surface area contributed by atoms with Crippen LogP contribution in [0.4, 0.5) is 5.82 Å². The average molecular weight is 278 g/mol. The number of ether oxygens (including phenoxy) is 1. The molecule has 2 rings (SSSR count). The highest BCUT2D eigenvalue weighted by Crippen LogP contribution is 2.25. The lowest BCUT2D eigenvalue weighted by Gasteiger charge is -2.15. The molecule has 1 aliphatic rings. The zero-order valence-corrected chi connectivity index (χ0v) is 12.5. The maximum Gasteiger partial charge on any atom is 0.310 e. The normalized spacial score (nSPS) is 22.8. The van der Waals surface area contributed by atoms with E-state index in [0.717, 1.165) is 23.9 Å². The van der Waals surface area contributed by atoms with Gasteiger partial charge in [-0.05, 0) is 12.8 Å². The molecular formula is C14H22N4O2. The second-order valence-electron chi connectivity index (χ2n) is 5.36. The molecule has 0 spiro atoms. The molecule has 1 N–H and O–H groups in total. The number of aryl methyl sites for hydroxylation is 1. The lowest BCUT2D eigenvalue weighted by molar-refractivity contribution is -0.146. The first-order chi connectivity index (χ1) is 9.53. The summed E-state index contributed by atoms with van der Waals surface area (Å²) in [7, 11) is 3.29. The van der Waals surface area contributed by atoms with Crippen LogP contribution in [0.1, 0.15) is 18.4 Å². The van der Waals surface area contributed by atoms with Gasteiger partial charge in [0.25, 0.3) is 0 Å². The molecule has 20 heavy (non-hydrogen) atoms. The predicted octanol–water partition coefficient (Wildman–Crippen LogP) is 1.07. The zero-order valence-electron chi connectivity index (χ0n) is 12.5. The minimum Gasteiger partial charge on any atom is -0.469 e. The van der Waals surface area contributed by atoms with Crippen molar-refractivity contribution in [2.75, 3.05) is 32.6 Å². The number of nitrogens with zero attached hydrogens (tertiary/aromatic N) is 3. The van der Waals surface area contributed by atoms with Crippen molar-refractivity contribution in [1.29, 1.82) is 0 Å². The van der Waals surface area contributed by atoms with Gasteiger partial charge in [-0.3, -0.25) is 9.69 Å². The standard InChI is InChI=1S/C14H22N4O2/c1-9-6-18(7-11(9)14(19)20-4)8-13-16-10(2)5-12(15-3)17-13/h5,9,11H,6-8H2,1-4H3,(H,15,16,17). The Morgan fingerprint density at radius 1 is 1.50 bits per heavy atom. The molecule has 6 heteroatoms. The summed E-state index contributed by atoms with van der Waals surface area (Å²) in [6.07, 6.45) is 0. The molecule has 0 amide bonds. The van der Waals surface area contributed by atoms with Crippen LogP contribution in [0.25, 0.3) is 0 Å². The number of carbonyl (C=O) groups is 1. The quantitative estimate of drug-likeness (QED) is 0.831. The number of likely N-dealkylation sites (tertiary alicyclic amines) is 1. The SMILES string of the molecule is CNc1cc(C)nc(CN2CC(C)C(C(=O)OC)C2)n1. The van der Waals surface area contributed by atoms with Gasteiger partial charge in [0, 0.05) is 31.9 Å². The first-order valence-corrected chi connectivity index (χ1v) is 6.86. The van der Waals surface area contributed by atoms with Crippen molar-refractivity contribution >= 4 is 11.8 Å². The topological polar surface area (TPSA) is 67.4 Å². The molecular weight excluding hydrogens is 256 g/mol. The zero-order chi connectivity index (χ0) is 14.7. The lowest BCUT2D eigenvalue weighted by atomic mass is 9.99. The number of anilines is 1. The van der Waals surface area contributed by atoms with Crippen LogP contribution in [0, 0.1) is 18.8 Å². The van der Waals surface area contributed by atoms with E-state index in [-0.39, 0.29) is 11.9 Å². The van der Waals surface area contributed by atoms with Crippen LogP contribution >= 0.6 is 0 Å². The summed E-state index contributed by atoms with van der Waals surface area (Å²) in [4.78, 5) is 22.8. The molecule has 0 aliphatic carbocycles. The summed E-state index contributed by atoms with van der Waals surface area (Å²) in [5.74, 6) is 1.74. The predicted molar refractivity (Wildman–Crippen MR) is 76.3 cm³/mol. The second kappa shape index (κ2) is 6.17. The van der Waals surface area contributed by atoms with Gasteiger partial charge in [0.15, 0.2) is 0 Å². The average Bonchev–Trinajstić information content (AvgIpc) is 2.77. The molecule has 1 saturated heterocycles. The van der Waals surface area contributed by atoms with E-state index in [4.69, 9.17) is 4.74 Å². The van der Waals surface area contributed by atoms with Crippen molar-refractivity contribution < 1.29 is 9.53 Å². The number of methoxy groups -OCH3 is 1. The van der Waals surface area contributed by atoms with Crippen molar-refractivity contribution in [3.8, 4) is 0 Å². The Balaban J connectivity index is 2.04. The number of nitrogens with one attached hydrogen (secondary N) is 1. The molecule has 110 valence electrons. The molecule has 1 aliphatic heterocycles. The lowest BCUT2D eigenvalue weighted by Crippen LogP contribution is -2.25. The first kappa shape index (κ1) is 14.7. The number of hydrogen-bond donors (Lipinski definition) is 1. The Kier molecular flexibility index (Phi) is 4.54. The maximum absolute atomic E-state index is 11.7. The summed E-state index contributed by atoms with van der Waals surface area (Å²) in [5, 5.41) is 3.03. The Morgan fingerprint density at radius 3 is 2.90 bits per heavy atom. The number of aromatic nitrogens is 2. The van der Waals surface area contributed by atoms with Crippen LogP contribution < -0.4 is 5.32 Å². The fourth-order valence-electron chi connectivity index (χ4n) is 2.68. The Hall–Kier alpha value is -1.69. The third-order valence-corrected chi connectivity index (χ3v) is 3.71. The molecule has 6 nitrogen and oxygen atoms in total. The fraction of sp³-hybridized carbons (Fsp3) is 0.643. The van der Waals surface area contributed by atoms with Crippen molar-refractivity contribution in [2.24, 2.45) is 11.8 Å². The van der Waals surface area contributed by atoms with Crippen LogP contribution in [0.15, 0.2) is 6.07 Å². The monoisotopic (exact) mass is 278 g/mol. The first-order valence-electron chi connectivity index (χ1n) is 6.86. The van der Waals surface area contributed by atoms with E-state index in [2.05, 4.69) is 27.1 Å². The van der Waals surface area contributed by atoms with Gasteiger partial charge in [0.1, 0.15) is 11.6 Å². The molecule has 0 radical (unpaired) electrons. The van der Waals surface area contributed by atoms with Gasteiger partial charge in [0.2, 0.25) is 0 Å². The minimum absolute atomic E-state index is 0.0476. The van der Waals surface area contributed by atoms with Gasteiger partial charge in [-0.15, -0.1) is 0 Å². The Bertz CT molecular complexity index is 492. The smallest absolute Gasteiger partial charge is 0.310 e. The van der Waals surface area contributed by atoms with Crippen LogP contribution in [0.5, 0.6) is 0 Å². The van der Waals surface area contributed by atoms with Gasteiger partial charge in [-0.1, -0.05) is 6.92 Å². The molecule has 0 aromatic carbocycles. The highest BCUT2D eigenvalue weighted by atomic mass is 16.5. The summed E-state index contributed by atoms with van der Waals surface area (Å²) in [6, 6.07) is 1.91. The Labute approximate surface area is 119 Å². The highest BCUT2D eigenvalue weighted by Gasteiger charge is 2.35. The number of esters is 1. The third-order valence-electron chi connectivity index (χ3n) is 3.71. The van der Waals surface area contributed by atoms with E-state index >= 15 is 0 Å². The third kappa shape index (κ3) is 3.25. The van der Waals surface area contributed by atoms with Crippen molar-refractivity contribution in [1.82, 2.24) is 14.9 Å². The van der Waals surface area contributed by atoms with E-state index in [1.807, 2.05) is 20.0 Å². The van der Waals surface area contributed by atoms with Crippen molar-refractivity contribution in [3.05, 3.63) is 17.6 Å². The van der Waals surface area contributed by atoms with Gasteiger partial charge >= 0.3 is 5.97 Å². The van der Waals surface area contributed by atoms with E-state index < -0.39 is 0 Å². The number of rotatable bonds is 4. The van der Waals surface area contributed by atoms with Crippen molar-refractivity contribution in [2.45, 2.75) is 20.4 Å². The molecule has 1 fully saturated rings. The molecule has 2 heterocycles. The summed E-state index contributed by atoms with van der Waals surface area (Å²) >= 11 is 0. The van der Waals surface area contributed by atoms with Crippen LogP contribution in [0.2, 0.25) is 0 Å². The molecule has 1 aromatic rings. The van der Waals surface area contributed by atoms with Crippen molar-refractivity contribution in [3.63, 3.8) is 0 Å². The van der Waals surface area contributed by atoms with E-state index in [0.29, 0.717) is 19.0 Å². The largest absolute Gasteiger partial charge is 0.469 e. The van der Waals surface area contributed by atoms with Gasteiger partial charge < -0.3 is 10.1 Å². The maximum atomic E-state index is 11.7. The van der Waals surface area contributed by atoms with Crippen LogP contribution in [0.3, 0.4) is 0 Å². The van der Waals surface area contributed by atoms with Gasteiger partial charge in [-0.2, -0.15) is 0 Å². The number of hydrogen-bond acceptors (Lipinski definition) is 6. The van der Waals surface area contributed by atoms with Gasteiger partial charge in [0.05, 0.1) is 19.6 Å². The summed E-state index contributed by atoms with van der Waals surface area (Å²) in [5.41, 5.74) is 0.941. The van der Waals surface area contributed by atoms with E-state index in [1.165, 1.54) is 7.11 Å². The summed E-state index contributed by atoms with van der Waals surface area (Å²) < 4.78 is 4.85.